The summed E-state index contributed by atoms with van der Waals surface area (Å²) in [5.74, 6) is -0.404. The number of hydrogen-bond acceptors (Lipinski definition) is 3. The van der Waals surface area contributed by atoms with Gasteiger partial charge in [-0.3, -0.25) is 14.9 Å². The standard InChI is InChI=1S/C19H19ClN2O3/c1-11(2)19(23)21-17-9-12(3)18(22(24)25)10-15(17)13(4)14-7-5-6-8-16(14)20/h5-11H,4H2,1-3H3,(H,21,23). The summed E-state index contributed by atoms with van der Waals surface area (Å²) in [5.41, 5.74) is 2.53. The Morgan fingerprint density at radius 2 is 1.88 bits per heavy atom. The monoisotopic (exact) mass is 358 g/mol. The molecular formula is C19H19ClN2O3. The van der Waals surface area contributed by atoms with Gasteiger partial charge in [-0.1, -0.05) is 50.2 Å². The minimum Gasteiger partial charge on any atom is -0.325 e. The van der Waals surface area contributed by atoms with Gasteiger partial charge >= 0.3 is 0 Å². The minimum atomic E-state index is -0.452. The first-order valence-electron chi connectivity index (χ1n) is 7.76. The van der Waals surface area contributed by atoms with Crippen LogP contribution >= 0.6 is 11.6 Å². The number of nitrogens with one attached hydrogen (secondary N) is 1. The molecule has 0 saturated carbocycles. The summed E-state index contributed by atoms with van der Waals surface area (Å²) in [6.07, 6.45) is 0. The maximum absolute atomic E-state index is 12.1. The number of anilines is 1. The SMILES string of the molecule is C=C(c1ccccc1Cl)c1cc([N+](=O)[O-])c(C)cc1NC(=O)C(C)C. The molecule has 2 aromatic rings. The Balaban J connectivity index is 2.62. The molecule has 0 bridgehead atoms. The molecule has 0 atom stereocenters. The minimum absolute atomic E-state index is 0.0363. The second-order valence-electron chi connectivity index (χ2n) is 6.04. The van der Waals surface area contributed by atoms with Crippen LogP contribution in [0.5, 0.6) is 0 Å². The second kappa shape index (κ2) is 7.49. The normalized spacial score (nSPS) is 10.6. The van der Waals surface area contributed by atoms with E-state index >= 15 is 0 Å². The van der Waals surface area contributed by atoms with Crippen molar-refractivity contribution in [1.82, 2.24) is 0 Å². The molecule has 0 aliphatic heterocycles. The molecule has 25 heavy (non-hydrogen) atoms. The van der Waals surface area contributed by atoms with E-state index in [0.29, 0.717) is 33.0 Å². The first kappa shape index (κ1) is 18.7. The Bertz CT molecular complexity index is 860. The zero-order chi connectivity index (χ0) is 18.7. The van der Waals surface area contributed by atoms with Gasteiger partial charge in [0.2, 0.25) is 5.91 Å². The van der Waals surface area contributed by atoms with Crippen molar-refractivity contribution in [2.24, 2.45) is 5.92 Å². The van der Waals surface area contributed by atoms with Crippen LogP contribution in [0, 0.1) is 23.0 Å². The molecule has 1 N–H and O–H groups in total. The van der Waals surface area contributed by atoms with Crippen LogP contribution in [-0.2, 0) is 4.79 Å². The molecule has 6 heteroatoms. The zero-order valence-corrected chi connectivity index (χ0v) is 15.1. The van der Waals surface area contributed by atoms with Gasteiger partial charge in [0.05, 0.1) is 4.92 Å². The molecule has 1 amide bonds. The smallest absolute Gasteiger partial charge is 0.273 e. The summed E-state index contributed by atoms with van der Waals surface area (Å²) in [6, 6.07) is 10.1. The Morgan fingerprint density at radius 1 is 1.24 bits per heavy atom. The van der Waals surface area contributed by atoms with Crippen molar-refractivity contribution in [1.29, 1.82) is 0 Å². The Kier molecular flexibility index (Phi) is 5.59. The van der Waals surface area contributed by atoms with Gasteiger partial charge in [-0.05, 0) is 24.6 Å². The number of carbonyl (C=O) groups excluding carboxylic acids is 1. The van der Waals surface area contributed by atoms with E-state index in [1.54, 1.807) is 51.1 Å². The maximum Gasteiger partial charge on any atom is 0.273 e. The molecule has 0 radical (unpaired) electrons. The molecule has 0 aliphatic carbocycles. The number of benzene rings is 2. The van der Waals surface area contributed by atoms with Crippen LogP contribution < -0.4 is 5.32 Å². The molecule has 0 saturated heterocycles. The number of amides is 1. The van der Waals surface area contributed by atoms with E-state index in [1.807, 2.05) is 0 Å². The number of aryl methyl sites for hydroxylation is 1. The van der Waals surface area contributed by atoms with Crippen molar-refractivity contribution < 1.29 is 9.72 Å². The van der Waals surface area contributed by atoms with E-state index in [1.165, 1.54) is 6.07 Å². The lowest BCUT2D eigenvalue weighted by atomic mass is 9.95. The molecule has 5 nitrogen and oxygen atoms in total. The Hall–Kier alpha value is -2.66. The van der Waals surface area contributed by atoms with Crippen molar-refractivity contribution in [3.05, 3.63) is 74.8 Å². The average Bonchev–Trinajstić information content (AvgIpc) is 2.54. The fourth-order valence-corrected chi connectivity index (χ4v) is 2.62. The van der Waals surface area contributed by atoms with E-state index in [9.17, 15) is 14.9 Å². The number of rotatable bonds is 5. The summed E-state index contributed by atoms with van der Waals surface area (Å²) < 4.78 is 0. The third-order valence-electron chi connectivity index (χ3n) is 3.84. The number of nitrogens with zero attached hydrogens (tertiary/aromatic N) is 1. The molecule has 2 rings (SSSR count). The predicted octanol–water partition coefficient (Wildman–Crippen LogP) is 5.21. The maximum atomic E-state index is 12.1. The highest BCUT2D eigenvalue weighted by atomic mass is 35.5. The van der Waals surface area contributed by atoms with Crippen LogP contribution in [0.15, 0.2) is 43.0 Å². The lowest BCUT2D eigenvalue weighted by Crippen LogP contribution is -2.19. The second-order valence-corrected chi connectivity index (χ2v) is 6.45. The van der Waals surface area contributed by atoms with Crippen molar-refractivity contribution in [3.63, 3.8) is 0 Å². The molecule has 130 valence electrons. The van der Waals surface area contributed by atoms with Gasteiger partial charge in [-0.25, -0.2) is 0 Å². The largest absolute Gasteiger partial charge is 0.325 e. The van der Waals surface area contributed by atoms with Gasteiger partial charge in [0, 0.05) is 39.4 Å². The van der Waals surface area contributed by atoms with E-state index in [0.717, 1.165) is 0 Å². The summed E-state index contributed by atoms with van der Waals surface area (Å²) in [6.45, 7) is 9.22. The quantitative estimate of drug-likeness (QED) is 0.588. The van der Waals surface area contributed by atoms with Crippen LogP contribution in [0.3, 0.4) is 0 Å². The highest BCUT2D eigenvalue weighted by molar-refractivity contribution is 6.32. The third kappa shape index (κ3) is 4.06. The highest BCUT2D eigenvalue weighted by Crippen LogP contribution is 2.36. The average molecular weight is 359 g/mol. The number of halogens is 1. The Morgan fingerprint density at radius 3 is 2.44 bits per heavy atom. The summed E-state index contributed by atoms with van der Waals surface area (Å²) in [4.78, 5) is 23.0. The van der Waals surface area contributed by atoms with Crippen LogP contribution in [0.2, 0.25) is 5.02 Å². The van der Waals surface area contributed by atoms with Crippen molar-refractivity contribution in [2.75, 3.05) is 5.32 Å². The molecule has 0 fully saturated rings. The van der Waals surface area contributed by atoms with Crippen LogP contribution in [0.1, 0.15) is 30.5 Å². The van der Waals surface area contributed by atoms with E-state index in [4.69, 9.17) is 11.6 Å². The molecule has 0 unspecified atom stereocenters. The highest BCUT2D eigenvalue weighted by Gasteiger charge is 2.20. The Labute approximate surface area is 151 Å². The van der Waals surface area contributed by atoms with Gasteiger partial charge in [0.15, 0.2) is 0 Å². The summed E-state index contributed by atoms with van der Waals surface area (Å²) >= 11 is 6.23. The fourth-order valence-electron chi connectivity index (χ4n) is 2.37. The van der Waals surface area contributed by atoms with Gasteiger partial charge < -0.3 is 5.32 Å². The van der Waals surface area contributed by atoms with Crippen LogP contribution in [-0.4, -0.2) is 10.8 Å². The predicted molar refractivity (Wildman–Crippen MR) is 101 cm³/mol. The third-order valence-corrected chi connectivity index (χ3v) is 4.17. The number of carbonyl (C=O) groups is 1. The topological polar surface area (TPSA) is 72.2 Å². The molecule has 2 aromatic carbocycles. The van der Waals surface area contributed by atoms with Gasteiger partial charge in [0.1, 0.15) is 0 Å². The van der Waals surface area contributed by atoms with Crippen molar-refractivity contribution >= 4 is 34.5 Å². The lowest BCUT2D eigenvalue weighted by molar-refractivity contribution is -0.385. The van der Waals surface area contributed by atoms with Crippen LogP contribution in [0.25, 0.3) is 5.57 Å². The number of nitro benzene ring substituents is 1. The first-order chi connectivity index (χ1) is 11.7. The van der Waals surface area contributed by atoms with Gasteiger partial charge in [-0.15, -0.1) is 0 Å². The van der Waals surface area contributed by atoms with Crippen molar-refractivity contribution in [2.45, 2.75) is 20.8 Å². The fraction of sp³-hybridized carbons (Fsp3) is 0.211. The van der Waals surface area contributed by atoms with E-state index in [2.05, 4.69) is 11.9 Å². The summed E-state index contributed by atoms with van der Waals surface area (Å²) in [7, 11) is 0. The summed E-state index contributed by atoms with van der Waals surface area (Å²) in [5, 5.41) is 14.6. The van der Waals surface area contributed by atoms with Gasteiger partial charge in [0.25, 0.3) is 5.69 Å². The number of nitro groups is 1. The zero-order valence-electron chi connectivity index (χ0n) is 14.3. The van der Waals surface area contributed by atoms with Crippen LogP contribution in [0.4, 0.5) is 11.4 Å². The number of hydrogen-bond donors (Lipinski definition) is 1. The lowest BCUT2D eigenvalue weighted by Gasteiger charge is -2.16. The molecule has 0 spiro atoms. The molecule has 0 heterocycles. The van der Waals surface area contributed by atoms with Gasteiger partial charge in [-0.2, -0.15) is 0 Å². The van der Waals surface area contributed by atoms with Crippen molar-refractivity contribution in [3.8, 4) is 0 Å². The van der Waals surface area contributed by atoms with E-state index in [-0.39, 0.29) is 17.5 Å². The molecule has 0 aliphatic rings. The molecular weight excluding hydrogens is 340 g/mol. The molecule has 0 aromatic heterocycles. The van der Waals surface area contributed by atoms with E-state index < -0.39 is 4.92 Å². The first-order valence-corrected chi connectivity index (χ1v) is 8.14.